The Morgan fingerprint density at radius 1 is 1.17 bits per heavy atom. The molecule has 0 aliphatic carbocycles. The van der Waals surface area contributed by atoms with Crippen molar-refractivity contribution in [3.63, 3.8) is 0 Å². The highest BCUT2D eigenvalue weighted by Crippen LogP contribution is 2.26. The molecule has 0 saturated carbocycles. The third-order valence-corrected chi connectivity index (χ3v) is 4.20. The van der Waals surface area contributed by atoms with Gasteiger partial charge in [0.2, 0.25) is 0 Å². The standard InChI is InChI=1S/C15H9N5O2S/c21-20(22)11-4-1-3-10(9-11)12-6-7-16-15-17-14(18-19(12)15)13-5-2-8-23-13/h1-9H. The number of nitro benzene ring substituents is 1. The van der Waals surface area contributed by atoms with E-state index in [-0.39, 0.29) is 5.69 Å². The quantitative estimate of drug-likeness (QED) is 0.426. The fraction of sp³-hybridized carbons (Fsp3) is 0. The van der Waals surface area contributed by atoms with Crippen LogP contribution in [-0.2, 0) is 0 Å². The second-order valence-corrected chi connectivity index (χ2v) is 5.71. The van der Waals surface area contributed by atoms with Crippen LogP contribution in [0.3, 0.4) is 0 Å². The molecule has 7 nitrogen and oxygen atoms in total. The van der Waals surface area contributed by atoms with Gasteiger partial charge in [0.15, 0.2) is 5.82 Å². The first-order chi connectivity index (χ1) is 11.2. The van der Waals surface area contributed by atoms with Crippen LogP contribution >= 0.6 is 11.3 Å². The van der Waals surface area contributed by atoms with E-state index in [4.69, 9.17) is 0 Å². The smallest absolute Gasteiger partial charge is 0.258 e. The Morgan fingerprint density at radius 2 is 2.09 bits per heavy atom. The van der Waals surface area contributed by atoms with Gasteiger partial charge in [0.05, 0.1) is 15.5 Å². The fourth-order valence-electron chi connectivity index (χ4n) is 2.30. The largest absolute Gasteiger partial charge is 0.270 e. The number of fused-ring (bicyclic) bond motifs is 1. The number of hydrogen-bond donors (Lipinski definition) is 0. The van der Waals surface area contributed by atoms with Gasteiger partial charge in [-0.05, 0) is 17.5 Å². The van der Waals surface area contributed by atoms with Crippen LogP contribution in [0.25, 0.3) is 27.7 Å². The molecule has 0 aliphatic rings. The Morgan fingerprint density at radius 3 is 2.87 bits per heavy atom. The number of benzene rings is 1. The molecule has 0 saturated heterocycles. The summed E-state index contributed by atoms with van der Waals surface area (Å²) in [5.41, 5.74) is 1.43. The molecule has 0 amide bonds. The van der Waals surface area contributed by atoms with E-state index in [1.54, 1.807) is 40.2 Å². The molecule has 4 rings (SSSR count). The van der Waals surface area contributed by atoms with E-state index in [1.165, 1.54) is 12.1 Å². The second-order valence-electron chi connectivity index (χ2n) is 4.76. The minimum atomic E-state index is -0.416. The Balaban J connectivity index is 1.90. The lowest BCUT2D eigenvalue weighted by Gasteiger charge is -2.03. The summed E-state index contributed by atoms with van der Waals surface area (Å²) in [5.74, 6) is 1.04. The van der Waals surface area contributed by atoms with Crippen molar-refractivity contribution in [1.82, 2.24) is 19.6 Å². The van der Waals surface area contributed by atoms with Crippen LogP contribution in [0.15, 0.2) is 54.0 Å². The number of non-ortho nitro benzene ring substituents is 1. The van der Waals surface area contributed by atoms with Crippen molar-refractivity contribution in [2.45, 2.75) is 0 Å². The van der Waals surface area contributed by atoms with Gasteiger partial charge >= 0.3 is 0 Å². The van der Waals surface area contributed by atoms with Crippen LogP contribution < -0.4 is 0 Å². The second kappa shape index (κ2) is 5.25. The molecule has 4 aromatic rings. The Bertz CT molecular complexity index is 1010. The molecule has 112 valence electrons. The first-order valence-electron chi connectivity index (χ1n) is 6.73. The highest BCUT2D eigenvalue weighted by molar-refractivity contribution is 7.13. The highest BCUT2D eigenvalue weighted by atomic mass is 32.1. The number of nitro groups is 1. The molecule has 0 aliphatic heterocycles. The summed E-state index contributed by atoms with van der Waals surface area (Å²) < 4.78 is 1.61. The molecular formula is C15H9N5O2S. The SMILES string of the molecule is O=[N+]([O-])c1cccc(-c2ccnc3nc(-c4cccs4)nn23)c1. The van der Waals surface area contributed by atoms with Gasteiger partial charge in [0, 0.05) is 23.9 Å². The van der Waals surface area contributed by atoms with E-state index < -0.39 is 4.92 Å². The molecule has 1 aromatic carbocycles. The normalized spacial score (nSPS) is 11.0. The number of thiophene rings is 1. The number of hydrogen-bond acceptors (Lipinski definition) is 6. The Kier molecular flexibility index (Phi) is 3.09. The van der Waals surface area contributed by atoms with Gasteiger partial charge < -0.3 is 0 Å². The fourth-order valence-corrected chi connectivity index (χ4v) is 2.95. The summed E-state index contributed by atoms with van der Waals surface area (Å²) in [4.78, 5) is 20.1. The lowest BCUT2D eigenvalue weighted by atomic mass is 10.1. The van der Waals surface area contributed by atoms with Crippen LogP contribution in [0.5, 0.6) is 0 Å². The van der Waals surface area contributed by atoms with Crippen molar-refractivity contribution < 1.29 is 4.92 Å². The molecule has 0 radical (unpaired) electrons. The summed E-state index contributed by atoms with van der Waals surface area (Å²) in [5, 5.41) is 17.4. The average Bonchev–Trinajstić information content (AvgIpc) is 3.23. The zero-order valence-corrected chi connectivity index (χ0v) is 12.5. The van der Waals surface area contributed by atoms with Gasteiger partial charge in [-0.1, -0.05) is 18.2 Å². The van der Waals surface area contributed by atoms with Crippen LogP contribution in [0.4, 0.5) is 5.69 Å². The van der Waals surface area contributed by atoms with Crippen molar-refractivity contribution in [2.24, 2.45) is 0 Å². The van der Waals surface area contributed by atoms with Crippen LogP contribution in [0.2, 0.25) is 0 Å². The summed E-state index contributed by atoms with van der Waals surface area (Å²) in [6.07, 6.45) is 1.62. The molecule has 0 N–H and O–H groups in total. The van der Waals surface area contributed by atoms with Crippen LogP contribution in [-0.4, -0.2) is 24.5 Å². The molecule has 0 unspecified atom stereocenters. The number of nitrogens with zero attached hydrogens (tertiary/aromatic N) is 5. The monoisotopic (exact) mass is 323 g/mol. The highest BCUT2D eigenvalue weighted by Gasteiger charge is 2.14. The minimum absolute atomic E-state index is 0.0334. The van der Waals surface area contributed by atoms with Crippen LogP contribution in [0.1, 0.15) is 0 Å². The van der Waals surface area contributed by atoms with E-state index in [2.05, 4.69) is 15.1 Å². The average molecular weight is 323 g/mol. The van der Waals surface area contributed by atoms with E-state index in [1.807, 2.05) is 17.5 Å². The van der Waals surface area contributed by atoms with Crippen molar-refractivity contribution in [3.05, 3.63) is 64.2 Å². The zero-order chi connectivity index (χ0) is 15.8. The van der Waals surface area contributed by atoms with Crippen LogP contribution in [0, 0.1) is 10.1 Å². The van der Waals surface area contributed by atoms with Gasteiger partial charge in [-0.3, -0.25) is 10.1 Å². The van der Waals surface area contributed by atoms with Gasteiger partial charge in [-0.2, -0.15) is 9.50 Å². The molecule has 8 heteroatoms. The maximum absolute atomic E-state index is 11.0. The van der Waals surface area contributed by atoms with Gasteiger partial charge in [0.25, 0.3) is 11.5 Å². The lowest BCUT2D eigenvalue weighted by molar-refractivity contribution is -0.384. The van der Waals surface area contributed by atoms with E-state index >= 15 is 0 Å². The number of rotatable bonds is 3. The molecule has 3 aromatic heterocycles. The lowest BCUT2D eigenvalue weighted by Crippen LogP contribution is -1.96. The summed E-state index contributed by atoms with van der Waals surface area (Å²) in [6, 6.07) is 12.1. The van der Waals surface area contributed by atoms with Gasteiger partial charge in [0.1, 0.15) is 0 Å². The minimum Gasteiger partial charge on any atom is -0.258 e. The van der Waals surface area contributed by atoms with Crippen molar-refractivity contribution >= 4 is 22.8 Å². The first-order valence-corrected chi connectivity index (χ1v) is 7.61. The van der Waals surface area contributed by atoms with Gasteiger partial charge in [-0.15, -0.1) is 16.4 Å². The third kappa shape index (κ3) is 2.34. The maximum atomic E-state index is 11.0. The van der Waals surface area contributed by atoms with E-state index in [0.717, 1.165) is 4.88 Å². The first kappa shape index (κ1) is 13.5. The summed E-state index contributed by atoms with van der Waals surface area (Å²) in [6.45, 7) is 0. The summed E-state index contributed by atoms with van der Waals surface area (Å²) >= 11 is 1.54. The maximum Gasteiger partial charge on any atom is 0.270 e. The van der Waals surface area contributed by atoms with Crippen molar-refractivity contribution in [3.8, 4) is 22.0 Å². The zero-order valence-electron chi connectivity index (χ0n) is 11.7. The molecule has 0 bridgehead atoms. The van der Waals surface area contributed by atoms with Gasteiger partial charge in [-0.25, -0.2) is 4.98 Å². The topological polar surface area (TPSA) is 86.2 Å². The Labute approximate surface area is 134 Å². The Hall–Kier alpha value is -3.13. The summed E-state index contributed by atoms with van der Waals surface area (Å²) in [7, 11) is 0. The molecular weight excluding hydrogens is 314 g/mol. The molecule has 0 atom stereocenters. The third-order valence-electron chi connectivity index (χ3n) is 3.33. The molecule has 0 spiro atoms. The number of aromatic nitrogens is 4. The van der Waals surface area contributed by atoms with E-state index in [0.29, 0.717) is 22.9 Å². The van der Waals surface area contributed by atoms with Crippen molar-refractivity contribution in [2.75, 3.05) is 0 Å². The van der Waals surface area contributed by atoms with E-state index in [9.17, 15) is 10.1 Å². The predicted molar refractivity (Wildman–Crippen MR) is 86.2 cm³/mol. The molecule has 3 heterocycles. The van der Waals surface area contributed by atoms with Crippen molar-refractivity contribution in [1.29, 1.82) is 0 Å². The molecule has 0 fully saturated rings. The molecule has 23 heavy (non-hydrogen) atoms. The predicted octanol–water partition coefficient (Wildman–Crippen LogP) is 3.43.